The predicted molar refractivity (Wildman–Crippen MR) is 54.5 cm³/mol. The summed E-state index contributed by atoms with van der Waals surface area (Å²) in [4.78, 5) is 10.7. The van der Waals surface area contributed by atoms with Gasteiger partial charge in [0.2, 0.25) is 0 Å². The smallest absolute Gasteiger partial charge is 0.338 e. The van der Waals surface area contributed by atoms with E-state index in [9.17, 15) is 9.90 Å². The number of esters is 1. The van der Waals surface area contributed by atoms with Crippen LogP contribution < -0.4 is 0 Å². The van der Waals surface area contributed by atoms with Gasteiger partial charge in [0.05, 0.1) is 6.61 Å². The van der Waals surface area contributed by atoms with Crippen molar-refractivity contribution in [1.82, 2.24) is 0 Å². The zero-order valence-electron chi connectivity index (χ0n) is 9.25. The fourth-order valence-electron chi connectivity index (χ4n) is 1.17. The molecule has 0 spiro atoms. The molecule has 1 radical (unpaired) electrons. The quantitative estimate of drug-likeness (QED) is 0.447. The molecule has 0 aromatic heterocycles. The van der Waals surface area contributed by atoms with Crippen molar-refractivity contribution >= 4 is 5.97 Å². The number of unbranched alkanes of at least 4 members (excludes halogenated alkanes) is 5. The van der Waals surface area contributed by atoms with E-state index in [0.29, 0.717) is 6.61 Å². The second-order valence-corrected chi connectivity index (χ2v) is 3.58. The second-order valence-electron chi connectivity index (χ2n) is 3.58. The lowest BCUT2D eigenvalue weighted by Gasteiger charge is -2.04. The lowest BCUT2D eigenvalue weighted by atomic mass is 10.1. The van der Waals surface area contributed by atoms with E-state index < -0.39 is 12.1 Å². The largest absolute Gasteiger partial charge is 0.464 e. The molecule has 83 valence electrons. The molecule has 3 nitrogen and oxygen atoms in total. The first-order valence-electron chi connectivity index (χ1n) is 5.51. The Kier molecular flexibility index (Phi) is 8.64. The average Bonchev–Trinajstić information content (AvgIpc) is 2.16. The third-order valence-corrected chi connectivity index (χ3v) is 2.07. The van der Waals surface area contributed by atoms with Crippen LogP contribution in [0.3, 0.4) is 0 Å². The Morgan fingerprint density at radius 2 is 1.71 bits per heavy atom. The Bertz CT molecular complexity index is 143. The highest BCUT2D eigenvalue weighted by Gasteiger charge is 2.10. The highest BCUT2D eigenvalue weighted by molar-refractivity contribution is 5.73. The minimum Gasteiger partial charge on any atom is -0.464 e. The van der Waals surface area contributed by atoms with Crippen LogP contribution in [0.4, 0.5) is 0 Å². The van der Waals surface area contributed by atoms with Crippen LogP contribution >= 0.6 is 0 Å². The van der Waals surface area contributed by atoms with Gasteiger partial charge in [-0.05, 0) is 13.3 Å². The number of hydrogen-bond acceptors (Lipinski definition) is 2. The third kappa shape index (κ3) is 8.05. The van der Waals surface area contributed by atoms with Crippen molar-refractivity contribution < 1.29 is 14.6 Å². The first kappa shape index (κ1) is 13.4. The fraction of sp³-hybridized carbons (Fsp3) is 0.909. The van der Waals surface area contributed by atoms with Gasteiger partial charge in [-0.2, -0.15) is 0 Å². The molecule has 14 heavy (non-hydrogen) atoms. The minimum atomic E-state index is -1.24. The molecule has 1 atom stereocenters. The summed E-state index contributed by atoms with van der Waals surface area (Å²) in [5.74, 6) is -0.626. The van der Waals surface area contributed by atoms with E-state index >= 15 is 0 Å². The van der Waals surface area contributed by atoms with Crippen LogP contribution in [0.15, 0.2) is 0 Å². The molecule has 1 unspecified atom stereocenters. The van der Waals surface area contributed by atoms with Crippen molar-refractivity contribution in [3.8, 4) is 0 Å². The Morgan fingerprint density at radius 3 is 2.29 bits per heavy atom. The van der Waals surface area contributed by atoms with Crippen molar-refractivity contribution in [2.45, 2.75) is 58.5 Å². The SMILES string of the molecule is CCCCCCCCOC(=O)C(C)[O]. The van der Waals surface area contributed by atoms with E-state index in [1.54, 1.807) is 0 Å². The van der Waals surface area contributed by atoms with E-state index in [2.05, 4.69) is 6.92 Å². The number of ether oxygens (including phenoxy) is 1. The molecular weight excluding hydrogens is 180 g/mol. The second kappa shape index (κ2) is 9.00. The monoisotopic (exact) mass is 201 g/mol. The maximum absolute atomic E-state index is 10.7. The van der Waals surface area contributed by atoms with Crippen LogP contribution in [0.2, 0.25) is 0 Å². The Morgan fingerprint density at radius 1 is 1.14 bits per heavy atom. The summed E-state index contributed by atoms with van der Waals surface area (Å²) in [6.07, 6.45) is 5.68. The summed E-state index contributed by atoms with van der Waals surface area (Å²) >= 11 is 0. The molecule has 0 aliphatic carbocycles. The molecule has 0 bridgehead atoms. The van der Waals surface area contributed by atoms with Gasteiger partial charge in [0.1, 0.15) is 0 Å². The van der Waals surface area contributed by atoms with Crippen molar-refractivity contribution in [1.29, 1.82) is 0 Å². The molecule has 0 N–H and O–H groups in total. The topological polar surface area (TPSA) is 46.2 Å². The third-order valence-electron chi connectivity index (χ3n) is 2.07. The number of carbonyl (C=O) groups excluding carboxylic acids is 1. The van der Waals surface area contributed by atoms with E-state index in [0.717, 1.165) is 12.8 Å². The molecule has 0 aromatic carbocycles. The van der Waals surface area contributed by atoms with Crippen molar-refractivity contribution in [3.63, 3.8) is 0 Å². The maximum Gasteiger partial charge on any atom is 0.338 e. The summed E-state index contributed by atoms with van der Waals surface area (Å²) in [6, 6.07) is 0. The van der Waals surface area contributed by atoms with Gasteiger partial charge in [0.15, 0.2) is 6.10 Å². The average molecular weight is 201 g/mol. The Hall–Kier alpha value is -0.570. The molecular formula is C11H21O3. The molecule has 3 heteroatoms. The molecule has 0 saturated carbocycles. The number of hydrogen-bond donors (Lipinski definition) is 0. The molecule has 0 saturated heterocycles. The summed E-state index contributed by atoms with van der Waals surface area (Å²) in [5.41, 5.74) is 0. The van der Waals surface area contributed by atoms with E-state index in [1.165, 1.54) is 32.6 Å². The van der Waals surface area contributed by atoms with Crippen LogP contribution in [0.5, 0.6) is 0 Å². The van der Waals surface area contributed by atoms with E-state index in [4.69, 9.17) is 4.74 Å². The Labute approximate surface area is 86.5 Å². The lowest BCUT2D eigenvalue weighted by molar-refractivity contribution is -0.156. The van der Waals surface area contributed by atoms with Gasteiger partial charge < -0.3 is 4.74 Å². The Balaban J connectivity index is 3.10. The summed E-state index contributed by atoms with van der Waals surface area (Å²) in [7, 11) is 0. The molecule has 0 heterocycles. The van der Waals surface area contributed by atoms with Gasteiger partial charge in [0.25, 0.3) is 0 Å². The number of carbonyl (C=O) groups is 1. The van der Waals surface area contributed by atoms with Crippen LogP contribution in [0.1, 0.15) is 52.4 Å². The standard InChI is InChI=1S/C11H21O3/c1-3-4-5-6-7-8-9-14-11(13)10(2)12/h10H,3-9H2,1-2H3. The van der Waals surface area contributed by atoms with E-state index in [1.807, 2.05) is 0 Å². The molecule has 0 aliphatic heterocycles. The van der Waals surface area contributed by atoms with Crippen LogP contribution in [0, 0.1) is 0 Å². The van der Waals surface area contributed by atoms with Crippen molar-refractivity contribution in [3.05, 3.63) is 0 Å². The maximum atomic E-state index is 10.7. The van der Waals surface area contributed by atoms with E-state index in [-0.39, 0.29) is 0 Å². The summed E-state index contributed by atoms with van der Waals surface area (Å²) in [6.45, 7) is 3.89. The van der Waals surface area contributed by atoms with Gasteiger partial charge in [-0.1, -0.05) is 39.0 Å². The minimum absolute atomic E-state index is 0.400. The van der Waals surface area contributed by atoms with Gasteiger partial charge in [-0.15, -0.1) is 0 Å². The van der Waals surface area contributed by atoms with Crippen molar-refractivity contribution in [2.75, 3.05) is 6.61 Å². The van der Waals surface area contributed by atoms with Crippen LogP contribution in [0.25, 0.3) is 0 Å². The molecule has 0 amide bonds. The first-order chi connectivity index (χ1) is 6.68. The highest BCUT2D eigenvalue weighted by atomic mass is 16.5. The zero-order valence-corrected chi connectivity index (χ0v) is 9.25. The lowest BCUT2D eigenvalue weighted by Crippen LogP contribution is -2.18. The molecule has 0 rings (SSSR count). The predicted octanol–water partition coefficient (Wildman–Crippen LogP) is 2.71. The zero-order chi connectivity index (χ0) is 10.8. The summed E-state index contributed by atoms with van der Waals surface area (Å²) in [5, 5.41) is 10.6. The number of rotatable bonds is 8. The normalized spacial score (nSPS) is 12.5. The van der Waals surface area contributed by atoms with Crippen LogP contribution in [-0.4, -0.2) is 18.7 Å². The molecule has 0 aromatic rings. The van der Waals surface area contributed by atoms with Crippen molar-refractivity contribution in [2.24, 2.45) is 0 Å². The molecule has 0 aliphatic rings. The highest BCUT2D eigenvalue weighted by Crippen LogP contribution is 2.05. The first-order valence-corrected chi connectivity index (χ1v) is 5.51. The fourth-order valence-corrected chi connectivity index (χ4v) is 1.17. The van der Waals surface area contributed by atoms with Gasteiger partial charge in [-0.25, -0.2) is 9.90 Å². The van der Waals surface area contributed by atoms with Gasteiger partial charge >= 0.3 is 5.97 Å². The van der Waals surface area contributed by atoms with Gasteiger partial charge in [0, 0.05) is 0 Å². The summed E-state index contributed by atoms with van der Waals surface area (Å²) < 4.78 is 4.76. The van der Waals surface area contributed by atoms with Gasteiger partial charge in [-0.3, -0.25) is 0 Å². The molecule has 0 fully saturated rings. The van der Waals surface area contributed by atoms with Crippen LogP contribution in [-0.2, 0) is 14.6 Å².